The molecule has 0 bridgehead atoms. The van der Waals surface area contributed by atoms with Crippen molar-refractivity contribution in [3.63, 3.8) is 0 Å². The number of pyridine rings is 1. The molecule has 0 fully saturated rings. The van der Waals surface area contributed by atoms with Crippen molar-refractivity contribution in [2.75, 3.05) is 6.61 Å². The van der Waals surface area contributed by atoms with E-state index in [1.807, 2.05) is 17.5 Å². The van der Waals surface area contributed by atoms with Crippen molar-refractivity contribution < 1.29 is 22.7 Å². The molecule has 0 saturated heterocycles. The van der Waals surface area contributed by atoms with E-state index < -0.39 is 12.8 Å². The van der Waals surface area contributed by atoms with Gasteiger partial charge in [-0.2, -0.15) is 13.2 Å². The van der Waals surface area contributed by atoms with E-state index in [1.165, 1.54) is 11.3 Å². The molecule has 1 amide bonds. The SMILES string of the molecule is O=C(Cc1csc(-c2cccnc2)n1)NCc1ccc(COCC(F)(F)F)cc1. The number of aromatic nitrogens is 2. The first-order valence-electron chi connectivity index (χ1n) is 8.73. The number of alkyl halides is 3. The lowest BCUT2D eigenvalue weighted by Gasteiger charge is -2.08. The van der Waals surface area contributed by atoms with Crippen LogP contribution < -0.4 is 5.32 Å². The van der Waals surface area contributed by atoms with Gasteiger partial charge in [0.15, 0.2) is 0 Å². The van der Waals surface area contributed by atoms with E-state index in [2.05, 4.69) is 20.0 Å². The highest BCUT2D eigenvalue weighted by molar-refractivity contribution is 7.13. The number of carbonyl (C=O) groups excluding carboxylic acids is 1. The zero-order valence-corrected chi connectivity index (χ0v) is 16.1. The molecule has 3 rings (SSSR count). The van der Waals surface area contributed by atoms with Gasteiger partial charge in [0, 0.05) is 29.9 Å². The molecule has 0 atom stereocenters. The van der Waals surface area contributed by atoms with Crippen LogP contribution in [0.4, 0.5) is 13.2 Å². The average Bonchev–Trinajstić information content (AvgIpc) is 3.15. The van der Waals surface area contributed by atoms with Crippen molar-refractivity contribution >= 4 is 17.2 Å². The van der Waals surface area contributed by atoms with E-state index in [-0.39, 0.29) is 18.9 Å². The first-order chi connectivity index (χ1) is 13.9. The Morgan fingerprint density at radius 3 is 2.59 bits per heavy atom. The smallest absolute Gasteiger partial charge is 0.367 e. The Morgan fingerprint density at radius 1 is 1.14 bits per heavy atom. The number of rotatable bonds is 8. The van der Waals surface area contributed by atoms with Crippen LogP contribution in [0.1, 0.15) is 16.8 Å². The van der Waals surface area contributed by atoms with Gasteiger partial charge in [-0.15, -0.1) is 11.3 Å². The van der Waals surface area contributed by atoms with Crippen LogP contribution in [0.15, 0.2) is 54.2 Å². The van der Waals surface area contributed by atoms with Crippen molar-refractivity contribution in [2.24, 2.45) is 0 Å². The minimum absolute atomic E-state index is 0.116. The second-order valence-electron chi connectivity index (χ2n) is 6.26. The van der Waals surface area contributed by atoms with Gasteiger partial charge in [-0.1, -0.05) is 24.3 Å². The summed E-state index contributed by atoms with van der Waals surface area (Å²) in [4.78, 5) is 20.7. The number of benzene rings is 1. The molecule has 0 unspecified atom stereocenters. The van der Waals surface area contributed by atoms with Crippen molar-refractivity contribution in [3.05, 3.63) is 71.0 Å². The van der Waals surface area contributed by atoms with Crippen LogP contribution in [-0.2, 0) is 29.1 Å². The van der Waals surface area contributed by atoms with Crippen LogP contribution in [0.5, 0.6) is 0 Å². The first kappa shape index (κ1) is 20.9. The van der Waals surface area contributed by atoms with Crippen LogP contribution in [-0.4, -0.2) is 28.7 Å². The van der Waals surface area contributed by atoms with Gasteiger partial charge in [0.25, 0.3) is 0 Å². The second kappa shape index (κ2) is 9.62. The molecule has 2 aromatic heterocycles. The van der Waals surface area contributed by atoms with Crippen molar-refractivity contribution in [2.45, 2.75) is 25.7 Å². The topological polar surface area (TPSA) is 64.1 Å². The molecule has 0 saturated carbocycles. The highest BCUT2D eigenvalue weighted by Gasteiger charge is 2.27. The van der Waals surface area contributed by atoms with E-state index in [0.29, 0.717) is 17.8 Å². The van der Waals surface area contributed by atoms with Crippen molar-refractivity contribution in [1.29, 1.82) is 0 Å². The fourth-order valence-electron chi connectivity index (χ4n) is 2.48. The average molecular weight is 421 g/mol. The number of nitrogens with zero attached hydrogens (tertiary/aromatic N) is 2. The summed E-state index contributed by atoms with van der Waals surface area (Å²) >= 11 is 1.46. The van der Waals surface area contributed by atoms with Crippen LogP contribution in [0.3, 0.4) is 0 Å². The standard InChI is InChI=1S/C20H18F3N3O2S/c21-20(22,23)13-28-11-15-5-3-14(4-6-15)9-25-18(27)8-17-12-29-19(26-17)16-2-1-7-24-10-16/h1-7,10,12H,8-9,11,13H2,(H,25,27). The number of nitrogens with one attached hydrogen (secondary N) is 1. The maximum atomic E-state index is 12.1. The maximum Gasteiger partial charge on any atom is 0.411 e. The molecule has 3 aromatic rings. The number of halogens is 3. The summed E-state index contributed by atoms with van der Waals surface area (Å²) in [5, 5.41) is 5.47. The van der Waals surface area contributed by atoms with Crippen LogP contribution in [0.25, 0.3) is 10.6 Å². The zero-order chi connectivity index (χ0) is 20.7. The van der Waals surface area contributed by atoms with Crippen LogP contribution >= 0.6 is 11.3 Å². The lowest BCUT2D eigenvalue weighted by molar-refractivity contribution is -0.176. The summed E-state index contributed by atoms with van der Waals surface area (Å²) in [6.07, 6.45) is -0.755. The summed E-state index contributed by atoms with van der Waals surface area (Å²) in [6.45, 7) is -1.07. The van der Waals surface area contributed by atoms with Gasteiger partial charge in [0.05, 0.1) is 18.7 Å². The molecule has 0 aliphatic carbocycles. The maximum absolute atomic E-state index is 12.1. The van der Waals surface area contributed by atoms with Crippen LogP contribution in [0.2, 0.25) is 0 Å². The van der Waals surface area contributed by atoms with E-state index in [4.69, 9.17) is 0 Å². The van der Waals surface area contributed by atoms with Gasteiger partial charge >= 0.3 is 6.18 Å². The molecule has 152 valence electrons. The summed E-state index contributed by atoms with van der Waals surface area (Å²) in [7, 11) is 0. The Balaban J connectivity index is 1.44. The zero-order valence-electron chi connectivity index (χ0n) is 15.3. The summed E-state index contributed by atoms with van der Waals surface area (Å²) in [6, 6.07) is 10.6. The molecule has 1 N–H and O–H groups in total. The van der Waals surface area contributed by atoms with E-state index in [0.717, 1.165) is 16.1 Å². The van der Waals surface area contributed by atoms with Gasteiger partial charge in [0.2, 0.25) is 5.91 Å². The van der Waals surface area contributed by atoms with Crippen molar-refractivity contribution in [1.82, 2.24) is 15.3 Å². The minimum Gasteiger partial charge on any atom is -0.367 e. The number of thiazole rings is 1. The molecule has 0 spiro atoms. The Morgan fingerprint density at radius 2 is 1.90 bits per heavy atom. The van der Waals surface area contributed by atoms with Crippen molar-refractivity contribution in [3.8, 4) is 10.6 Å². The molecule has 1 aromatic carbocycles. The number of hydrogen-bond acceptors (Lipinski definition) is 5. The molecule has 0 radical (unpaired) electrons. The van der Waals surface area contributed by atoms with E-state index in [1.54, 1.807) is 36.7 Å². The van der Waals surface area contributed by atoms with Gasteiger partial charge in [-0.05, 0) is 23.3 Å². The fraction of sp³-hybridized carbons (Fsp3) is 0.250. The summed E-state index contributed by atoms with van der Waals surface area (Å²) in [5.74, 6) is -0.161. The predicted octanol–water partition coefficient (Wildman–Crippen LogP) is 4.14. The number of carbonyl (C=O) groups is 1. The Kier molecular flexibility index (Phi) is 6.95. The van der Waals surface area contributed by atoms with Gasteiger partial charge in [0.1, 0.15) is 11.6 Å². The molecule has 5 nitrogen and oxygen atoms in total. The summed E-state index contributed by atoms with van der Waals surface area (Å²) < 4.78 is 40.8. The van der Waals surface area contributed by atoms with Gasteiger partial charge < -0.3 is 10.1 Å². The van der Waals surface area contributed by atoms with Gasteiger partial charge in [-0.3, -0.25) is 9.78 Å². The Labute approximate surface area is 169 Å². The Hall–Kier alpha value is -2.78. The quantitative estimate of drug-likeness (QED) is 0.594. The minimum atomic E-state index is -4.33. The highest BCUT2D eigenvalue weighted by atomic mass is 32.1. The molecule has 2 heterocycles. The van der Waals surface area contributed by atoms with E-state index >= 15 is 0 Å². The highest BCUT2D eigenvalue weighted by Crippen LogP contribution is 2.22. The summed E-state index contributed by atoms with van der Waals surface area (Å²) in [5.41, 5.74) is 3.06. The lowest BCUT2D eigenvalue weighted by Crippen LogP contribution is -2.24. The van der Waals surface area contributed by atoms with Gasteiger partial charge in [-0.25, -0.2) is 4.98 Å². The molecule has 29 heavy (non-hydrogen) atoms. The Bertz CT molecular complexity index is 928. The third kappa shape index (κ3) is 6.95. The molecule has 0 aliphatic rings. The fourth-order valence-corrected chi connectivity index (χ4v) is 3.29. The van der Waals surface area contributed by atoms with E-state index in [9.17, 15) is 18.0 Å². The molecule has 0 aliphatic heterocycles. The second-order valence-corrected chi connectivity index (χ2v) is 7.12. The largest absolute Gasteiger partial charge is 0.411 e. The number of amides is 1. The third-order valence-electron chi connectivity index (χ3n) is 3.85. The predicted molar refractivity (Wildman–Crippen MR) is 103 cm³/mol. The van der Waals surface area contributed by atoms with Crippen LogP contribution in [0, 0.1) is 0 Å². The molecule has 9 heteroatoms. The third-order valence-corrected chi connectivity index (χ3v) is 4.79. The molecular formula is C20H18F3N3O2S. The lowest BCUT2D eigenvalue weighted by atomic mass is 10.1. The molecular weight excluding hydrogens is 403 g/mol. The monoisotopic (exact) mass is 421 g/mol. The number of hydrogen-bond donors (Lipinski definition) is 1. The number of ether oxygens (including phenoxy) is 1. The first-order valence-corrected chi connectivity index (χ1v) is 9.61. The normalized spacial score (nSPS) is 11.4.